The highest BCUT2D eigenvalue weighted by atomic mass is 16.5. The highest BCUT2D eigenvalue weighted by Crippen LogP contribution is 2.47. The lowest BCUT2D eigenvalue weighted by Gasteiger charge is -2.46. The van der Waals surface area contributed by atoms with Crippen LogP contribution in [0.5, 0.6) is 11.5 Å². The van der Waals surface area contributed by atoms with Gasteiger partial charge in [-0.1, -0.05) is 25.3 Å². The van der Waals surface area contributed by atoms with E-state index in [2.05, 4.69) is 19.0 Å². The summed E-state index contributed by atoms with van der Waals surface area (Å²) in [5.41, 5.74) is 0.512. The maximum atomic E-state index is 11.2. The monoisotopic (exact) mass is 293 g/mol. The lowest BCUT2D eigenvalue weighted by atomic mass is 9.74. The molecule has 0 heterocycles. The molecule has 1 N–H and O–H groups in total. The van der Waals surface area contributed by atoms with Crippen molar-refractivity contribution < 1.29 is 14.6 Å². The Labute approximate surface area is 127 Å². The summed E-state index contributed by atoms with van der Waals surface area (Å²) in [6.07, 6.45) is 4.88. The molecule has 1 aromatic rings. The number of ether oxygens (including phenoxy) is 2. The van der Waals surface area contributed by atoms with Crippen molar-refractivity contribution in [1.82, 2.24) is 4.90 Å². The van der Waals surface area contributed by atoms with Crippen LogP contribution in [0.15, 0.2) is 18.2 Å². The molecule has 21 heavy (non-hydrogen) atoms. The number of likely N-dealkylation sites (N-methyl/N-ethyl adjacent to an activating group) is 1. The molecule has 2 rings (SSSR count). The summed E-state index contributed by atoms with van der Waals surface area (Å²) in [5, 5.41) is 11.2. The average Bonchev–Trinajstić information content (AvgIpc) is 2.53. The highest BCUT2D eigenvalue weighted by molar-refractivity contribution is 5.47. The summed E-state index contributed by atoms with van der Waals surface area (Å²) in [7, 11) is 7.37. The summed E-state index contributed by atoms with van der Waals surface area (Å²) in [4.78, 5) is 2.17. The fraction of sp³-hybridized carbons (Fsp3) is 0.647. The van der Waals surface area contributed by atoms with Gasteiger partial charge in [-0.3, -0.25) is 0 Å². The molecular weight excluding hydrogens is 266 g/mol. The van der Waals surface area contributed by atoms with Crippen molar-refractivity contribution in [3.63, 3.8) is 0 Å². The highest BCUT2D eigenvalue weighted by Gasteiger charge is 2.43. The summed E-state index contributed by atoms with van der Waals surface area (Å²) >= 11 is 0. The molecule has 0 spiro atoms. The van der Waals surface area contributed by atoms with Gasteiger partial charge in [-0.25, -0.2) is 0 Å². The van der Waals surface area contributed by atoms with Gasteiger partial charge in [0.2, 0.25) is 0 Å². The van der Waals surface area contributed by atoms with Crippen molar-refractivity contribution in [2.24, 2.45) is 0 Å². The van der Waals surface area contributed by atoms with Crippen LogP contribution in [0.2, 0.25) is 0 Å². The smallest absolute Gasteiger partial charge is 0.128 e. The van der Waals surface area contributed by atoms with Crippen LogP contribution in [0, 0.1) is 0 Å². The van der Waals surface area contributed by atoms with E-state index >= 15 is 0 Å². The van der Waals surface area contributed by atoms with Crippen molar-refractivity contribution in [2.45, 2.75) is 43.7 Å². The van der Waals surface area contributed by atoms with Crippen LogP contribution in [0.25, 0.3) is 0 Å². The van der Waals surface area contributed by atoms with Crippen molar-refractivity contribution in [3.05, 3.63) is 23.8 Å². The number of benzene rings is 1. The molecule has 118 valence electrons. The molecular formula is C17H27NO3. The molecule has 1 fully saturated rings. The van der Waals surface area contributed by atoms with Crippen molar-refractivity contribution >= 4 is 0 Å². The molecule has 0 saturated heterocycles. The van der Waals surface area contributed by atoms with Gasteiger partial charge in [0.05, 0.1) is 25.3 Å². The normalized spacial score (nSPS) is 19.3. The van der Waals surface area contributed by atoms with Crippen LogP contribution in [-0.4, -0.2) is 43.9 Å². The third-order valence-electron chi connectivity index (χ3n) is 4.86. The number of hydrogen-bond donors (Lipinski definition) is 1. The first-order chi connectivity index (χ1) is 10.1. The standard InChI is InChI=1S/C17H27NO3/c1-18(2)17(11-6-5-7-12-17)16(19)15-13(20-3)9-8-10-14(15)21-4/h8-10,16,19H,5-7,11-12H2,1-4H3. The second kappa shape index (κ2) is 6.67. The summed E-state index contributed by atoms with van der Waals surface area (Å²) < 4.78 is 10.9. The summed E-state index contributed by atoms with van der Waals surface area (Å²) in [5.74, 6) is 1.38. The van der Waals surface area contributed by atoms with Gasteiger partial charge in [-0.15, -0.1) is 0 Å². The summed E-state index contributed by atoms with van der Waals surface area (Å²) in [6, 6.07) is 5.65. The van der Waals surface area contributed by atoms with Crippen LogP contribution >= 0.6 is 0 Å². The number of methoxy groups -OCH3 is 2. The van der Waals surface area contributed by atoms with Gasteiger partial charge < -0.3 is 19.5 Å². The first kappa shape index (κ1) is 16.1. The predicted molar refractivity (Wildman–Crippen MR) is 84.0 cm³/mol. The van der Waals surface area contributed by atoms with Gasteiger partial charge >= 0.3 is 0 Å². The van der Waals surface area contributed by atoms with Crippen molar-refractivity contribution in [2.75, 3.05) is 28.3 Å². The van der Waals surface area contributed by atoms with Gasteiger partial charge in [-0.2, -0.15) is 0 Å². The maximum Gasteiger partial charge on any atom is 0.128 e. The second-order valence-electron chi connectivity index (χ2n) is 6.04. The third-order valence-corrected chi connectivity index (χ3v) is 4.86. The SMILES string of the molecule is COc1cccc(OC)c1C(O)C1(N(C)C)CCCCC1. The minimum Gasteiger partial charge on any atom is -0.496 e. The van der Waals surface area contributed by atoms with Gasteiger partial charge in [0.25, 0.3) is 0 Å². The molecule has 4 heteroatoms. The van der Waals surface area contributed by atoms with Crippen LogP contribution in [0.4, 0.5) is 0 Å². The molecule has 0 amide bonds. The van der Waals surface area contributed by atoms with E-state index in [1.807, 2.05) is 18.2 Å². The quantitative estimate of drug-likeness (QED) is 0.906. The van der Waals surface area contributed by atoms with E-state index in [1.165, 1.54) is 6.42 Å². The molecule has 4 nitrogen and oxygen atoms in total. The van der Waals surface area contributed by atoms with Gasteiger partial charge in [0, 0.05) is 0 Å². The zero-order valence-corrected chi connectivity index (χ0v) is 13.6. The van der Waals surface area contributed by atoms with E-state index < -0.39 is 6.10 Å². The topological polar surface area (TPSA) is 41.9 Å². The lowest BCUT2D eigenvalue weighted by Crippen LogP contribution is -2.50. The Bertz CT molecular complexity index is 445. The zero-order chi connectivity index (χ0) is 15.5. The first-order valence-electron chi connectivity index (χ1n) is 7.63. The van der Waals surface area contributed by atoms with Crippen LogP contribution in [0.3, 0.4) is 0 Å². The fourth-order valence-corrected chi connectivity index (χ4v) is 3.55. The molecule has 1 aromatic carbocycles. The maximum absolute atomic E-state index is 11.2. The Morgan fingerprint density at radius 1 is 1.05 bits per heavy atom. The van der Waals surface area contributed by atoms with Gasteiger partial charge in [0.1, 0.15) is 17.6 Å². The Morgan fingerprint density at radius 2 is 1.57 bits per heavy atom. The van der Waals surface area contributed by atoms with Crippen LogP contribution in [0.1, 0.15) is 43.8 Å². The molecule has 1 aliphatic rings. The fourth-order valence-electron chi connectivity index (χ4n) is 3.55. The number of aliphatic hydroxyl groups excluding tert-OH is 1. The third kappa shape index (κ3) is 2.87. The number of aliphatic hydroxyl groups is 1. The van der Waals surface area contributed by atoms with E-state index in [0.29, 0.717) is 11.5 Å². The second-order valence-corrected chi connectivity index (χ2v) is 6.04. The number of hydrogen-bond acceptors (Lipinski definition) is 4. The minimum absolute atomic E-state index is 0.250. The largest absolute Gasteiger partial charge is 0.496 e. The Hall–Kier alpha value is -1.26. The Morgan fingerprint density at radius 3 is 2.00 bits per heavy atom. The molecule has 1 aliphatic carbocycles. The number of nitrogens with zero attached hydrogens (tertiary/aromatic N) is 1. The molecule has 1 saturated carbocycles. The average molecular weight is 293 g/mol. The molecule has 1 atom stereocenters. The molecule has 0 radical (unpaired) electrons. The van der Waals surface area contributed by atoms with Crippen molar-refractivity contribution in [1.29, 1.82) is 0 Å². The molecule has 0 aromatic heterocycles. The number of rotatable bonds is 5. The Kier molecular flexibility index (Phi) is 5.12. The minimum atomic E-state index is -0.626. The van der Waals surface area contributed by atoms with E-state index in [0.717, 1.165) is 31.2 Å². The molecule has 1 unspecified atom stereocenters. The Balaban J connectivity index is 2.48. The van der Waals surface area contributed by atoms with Crippen LogP contribution < -0.4 is 9.47 Å². The zero-order valence-electron chi connectivity index (χ0n) is 13.6. The van der Waals surface area contributed by atoms with Gasteiger partial charge in [-0.05, 0) is 39.1 Å². The van der Waals surface area contributed by atoms with Crippen molar-refractivity contribution in [3.8, 4) is 11.5 Å². The van der Waals surface area contributed by atoms with E-state index in [-0.39, 0.29) is 5.54 Å². The van der Waals surface area contributed by atoms with Crippen LogP contribution in [-0.2, 0) is 0 Å². The first-order valence-corrected chi connectivity index (χ1v) is 7.63. The van der Waals surface area contributed by atoms with E-state index in [4.69, 9.17) is 9.47 Å². The predicted octanol–water partition coefficient (Wildman–Crippen LogP) is 3.00. The van der Waals surface area contributed by atoms with Gasteiger partial charge in [0.15, 0.2) is 0 Å². The lowest BCUT2D eigenvalue weighted by molar-refractivity contribution is -0.0355. The van der Waals surface area contributed by atoms with E-state index in [9.17, 15) is 5.11 Å². The molecule has 0 bridgehead atoms. The summed E-state index contributed by atoms with van der Waals surface area (Å²) in [6.45, 7) is 0. The van der Waals surface area contributed by atoms with E-state index in [1.54, 1.807) is 14.2 Å². The molecule has 0 aliphatic heterocycles.